The molecule has 1 saturated heterocycles. The summed E-state index contributed by atoms with van der Waals surface area (Å²) in [5, 5.41) is 0.983. The van der Waals surface area contributed by atoms with Gasteiger partial charge in [0.2, 0.25) is 11.8 Å². The molecule has 2 aromatic carbocycles. The Kier molecular flexibility index (Phi) is 7.95. The third kappa shape index (κ3) is 5.21. The summed E-state index contributed by atoms with van der Waals surface area (Å²) in [6.07, 6.45) is 0.220. The highest BCUT2D eigenvalue weighted by molar-refractivity contribution is 6.23. The first-order valence-electron chi connectivity index (χ1n) is 11.1. The van der Waals surface area contributed by atoms with Gasteiger partial charge in [0, 0.05) is 11.5 Å². The van der Waals surface area contributed by atoms with Crippen molar-refractivity contribution in [3.8, 4) is 17.2 Å². The smallest absolute Gasteiger partial charge is 0.270 e. The van der Waals surface area contributed by atoms with Crippen molar-refractivity contribution in [2.24, 2.45) is 5.92 Å². The zero-order valence-corrected chi connectivity index (χ0v) is 20.4. The summed E-state index contributed by atoms with van der Waals surface area (Å²) in [5.41, 5.74) is 3.09. The van der Waals surface area contributed by atoms with Crippen LogP contribution in [0.5, 0.6) is 17.2 Å². The molecule has 1 aliphatic rings. The van der Waals surface area contributed by atoms with E-state index in [0.29, 0.717) is 29.4 Å². The quantitative estimate of drug-likeness (QED) is 0.453. The second-order valence-electron chi connectivity index (χ2n) is 8.01. The molecule has 4 amide bonds. The zero-order chi connectivity index (χ0) is 25.7. The van der Waals surface area contributed by atoms with Gasteiger partial charge in [0.1, 0.15) is 11.8 Å². The van der Waals surface area contributed by atoms with Gasteiger partial charge in [0.05, 0.1) is 33.4 Å². The molecule has 2 aromatic rings. The molecule has 0 radical (unpaired) electrons. The van der Waals surface area contributed by atoms with Crippen molar-refractivity contribution in [2.75, 3.05) is 26.2 Å². The summed E-state index contributed by atoms with van der Waals surface area (Å²) in [6, 6.07) is 9.77. The molecular weight excluding hydrogens is 454 g/mol. The topological polar surface area (TPSA) is 114 Å². The van der Waals surface area contributed by atoms with Gasteiger partial charge in [-0.15, -0.1) is 0 Å². The molecule has 2 atom stereocenters. The SMILES string of the molecule is CC[C@@H](C)C(=O)N(NC(=O)c1ccc(OC)c(OC)c1)[C@H]1CC(=O)N(c2ccc(OC)cc2)C1=O. The first kappa shape index (κ1) is 25.5. The molecule has 0 aromatic heterocycles. The van der Waals surface area contributed by atoms with E-state index in [1.165, 1.54) is 33.5 Å². The molecule has 0 saturated carbocycles. The number of imide groups is 1. The van der Waals surface area contributed by atoms with E-state index in [2.05, 4.69) is 5.43 Å². The molecule has 1 heterocycles. The number of carbonyl (C=O) groups is 4. The molecule has 10 nitrogen and oxygen atoms in total. The van der Waals surface area contributed by atoms with Crippen molar-refractivity contribution in [3.63, 3.8) is 0 Å². The third-order valence-corrected chi connectivity index (χ3v) is 5.90. The minimum absolute atomic E-state index is 0.188. The Labute approximate surface area is 203 Å². The van der Waals surface area contributed by atoms with Crippen LogP contribution in [-0.4, -0.2) is 56.0 Å². The minimum atomic E-state index is -1.19. The normalized spacial score (nSPS) is 16.0. The zero-order valence-electron chi connectivity index (χ0n) is 20.4. The van der Waals surface area contributed by atoms with Gasteiger partial charge in [-0.05, 0) is 48.9 Å². The van der Waals surface area contributed by atoms with Crippen LogP contribution in [0, 0.1) is 5.92 Å². The van der Waals surface area contributed by atoms with Crippen LogP contribution in [0.3, 0.4) is 0 Å². The number of hydrogen-bond donors (Lipinski definition) is 1. The average Bonchev–Trinajstić information content (AvgIpc) is 3.18. The van der Waals surface area contributed by atoms with Crippen molar-refractivity contribution in [3.05, 3.63) is 48.0 Å². The molecule has 3 rings (SSSR count). The number of anilines is 1. The fourth-order valence-electron chi connectivity index (χ4n) is 3.67. The van der Waals surface area contributed by atoms with E-state index in [1.54, 1.807) is 37.3 Å². The molecule has 0 aliphatic carbocycles. The van der Waals surface area contributed by atoms with E-state index in [4.69, 9.17) is 14.2 Å². The van der Waals surface area contributed by atoms with Crippen molar-refractivity contribution in [2.45, 2.75) is 32.7 Å². The average molecular weight is 484 g/mol. The van der Waals surface area contributed by atoms with Gasteiger partial charge in [0.15, 0.2) is 11.5 Å². The molecule has 0 unspecified atom stereocenters. The summed E-state index contributed by atoms with van der Waals surface area (Å²) < 4.78 is 15.6. The van der Waals surface area contributed by atoms with Crippen LogP contribution in [0.25, 0.3) is 0 Å². The van der Waals surface area contributed by atoms with Gasteiger partial charge in [-0.3, -0.25) is 24.6 Å². The monoisotopic (exact) mass is 483 g/mol. The minimum Gasteiger partial charge on any atom is -0.497 e. The lowest BCUT2D eigenvalue weighted by atomic mass is 10.1. The van der Waals surface area contributed by atoms with Crippen LogP contribution in [0.4, 0.5) is 5.69 Å². The van der Waals surface area contributed by atoms with E-state index in [1.807, 2.05) is 6.92 Å². The molecule has 1 aliphatic heterocycles. The van der Waals surface area contributed by atoms with Gasteiger partial charge in [-0.25, -0.2) is 9.91 Å². The second-order valence-corrected chi connectivity index (χ2v) is 8.01. The maximum Gasteiger partial charge on any atom is 0.270 e. The number of nitrogens with one attached hydrogen (secondary N) is 1. The Bertz CT molecular complexity index is 1120. The van der Waals surface area contributed by atoms with Gasteiger partial charge < -0.3 is 14.2 Å². The van der Waals surface area contributed by atoms with Crippen molar-refractivity contribution >= 4 is 29.3 Å². The van der Waals surface area contributed by atoms with E-state index >= 15 is 0 Å². The lowest BCUT2D eigenvalue weighted by molar-refractivity contribution is -0.144. The Morgan fingerprint density at radius 2 is 1.69 bits per heavy atom. The molecule has 1 N–H and O–H groups in total. The Hall–Kier alpha value is -4.08. The predicted octanol–water partition coefficient (Wildman–Crippen LogP) is 2.56. The number of amides is 4. The highest BCUT2D eigenvalue weighted by atomic mass is 16.5. The van der Waals surface area contributed by atoms with Crippen LogP contribution < -0.4 is 24.5 Å². The van der Waals surface area contributed by atoms with Crippen molar-refractivity contribution in [1.82, 2.24) is 10.4 Å². The summed E-state index contributed by atoms with van der Waals surface area (Å²) in [5.74, 6) is -1.34. The molecule has 0 spiro atoms. The van der Waals surface area contributed by atoms with E-state index < -0.39 is 35.6 Å². The van der Waals surface area contributed by atoms with E-state index in [-0.39, 0.29) is 12.0 Å². The van der Waals surface area contributed by atoms with Crippen LogP contribution in [0.1, 0.15) is 37.0 Å². The van der Waals surface area contributed by atoms with E-state index in [0.717, 1.165) is 9.91 Å². The van der Waals surface area contributed by atoms with Gasteiger partial charge in [0.25, 0.3) is 11.8 Å². The number of rotatable bonds is 8. The summed E-state index contributed by atoms with van der Waals surface area (Å²) in [6.45, 7) is 3.52. The van der Waals surface area contributed by atoms with Crippen LogP contribution in [0.15, 0.2) is 42.5 Å². The molecule has 10 heteroatoms. The first-order valence-corrected chi connectivity index (χ1v) is 11.1. The number of nitrogens with zero attached hydrogens (tertiary/aromatic N) is 2. The summed E-state index contributed by atoms with van der Waals surface area (Å²) in [7, 11) is 4.42. The van der Waals surface area contributed by atoms with Crippen LogP contribution >= 0.6 is 0 Å². The van der Waals surface area contributed by atoms with Gasteiger partial charge in [-0.1, -0.05) is 13.8 Å². The van der Waals surface area contributed by atoms with E-state index in [9.17, 15) is 19.2 Å². The molecule has 0 bridgehead atoms. The van der Waals surface area contributed by atoms with Crippen LogP contribution in [0.2, 0.25) is 0 Å². The number of methoxy groups -OCH3 is 3. The van der Waals surface area contributed by atoms with Crippen molar-refractivity contribution in [1.29, 1.82) is 0 Å². The predicted molar refractivity (Wildman–Crippen MR) is 127 cm³/mol. The van der Waals surface area contributed by atoms with Crippen LogP contribution in [-0.2, 0) is 14.4 Å². The lowest BCUT2D eigenvalue weighted by Crippen LogP contribution is -2.56. The number of hydrogen-bond acceptors (Lipinski definition) is 7. The number of ether oxygens (including phenoxy) is 3. The maximum atomic E-state index is 13.3. The Balaban J connectivity index is 1.91. The summed E-state index contributed by atoms with van der Waals surface area (Å²) in [4.78, 5) is 53.4. The first-order chi connectivity index (χ1) is 16.7. The Morgan fingerprint density at radius 3 is 2.26 bits per heavy atom. The number of hydrazine groups is 1. The molecular formula is C25H29N3O7. The second kappa shape index (κ2) is 10.9. The van der Waals surface area contributed by atoms with Gasteiger partial charge in [-0.2, -0.15) is 0 Å². The highest BCUT2D eigenvalue weighted by Gasteiger charge is 2.46. The standard InChI is InChI=1S/C25H29N3O7/c1-6-15(2)24(31)28(26-23(30)16-7-12-20(34-4)21(13-16)35-5)19-14-22(29)27(25(19)32)17-8-10-18(33-3)11-9-17/h7-13,15,19H,6,14H2,1-5H3,(H,26,30)/t15-,19+/m1/s1. The van der Waals surface area contributed by atoms with Crippen molar-refractivity contribution < 1.29 is 33.4 Å². The number of benzene rings is 2. The highest BCUT2D eigenvalue weighted by Crippen LogP contribution is 2.29. The summed E-state index contributed by atoms with van der Waals surface area (Å²) >= 11 is 0. The molecule has 35 heavy (non-hydrogen) atoms. The molecule has 1 fully saturated rings. The van der Waals surface area contributed by atoms with Gasteiger partial charge >= 0.3 is 0 Å². The largest absolute Gasteiger partial charge is 0.497 e. The number of carbonyl (C=O) groups excluding carboxylic acids is 4. The Morgan fingerprint density at radius 1 is 1.03 bits per heavy atom. The maximum absolute atomic E-state index is 13.3. The fourth-order valence-corrected chi connectivity index (χ4v) is 3.67. The third-order valence-electron chi connectivity index (χ3n) is 5.90. The lowest BCUT2D eigenvalue weighted by Gasteiger charge is -2.30. The fraction of sp³-hybridized carbons (Fsp3) is 0.360. The molecule has 186 valence electrons.